The average molecular weight is 477 g/mol. The predicted molar refractivity (Wildman–Crippen MR) is 125 cm³/mol. The Morgan fingerprint density at radius 1 is 1.17 bits per heavy atom. The Kier molecular flexibility index (Phi) is 7.37. The van der Waals surface area contributed by atoms with Crippen LogP contribution in [-0.4, -0.2) is 21.1 Å². The summed E-state index contributed by atoms with van der Waals surface area (Å²) < 4.78 is 0. The maximum absolute atomic E-state index is 12.7. The molecule has 0 fully saturated rings. The molecule has 1 aromatic carbocycles. The van der Waals surface area contributed by atoms with Gasteiger partial charge in [0.05, 0.1) is 26.6 Å². The highest BCUT2D eigenvalue weighted by Gasteiger charge is 2.20. The van der Waals surface area contributed by atoms with E-state index in [2.05, 4.69) is 21.4 Å². The quantitative estimate of drug-likeness (QED) is 0.404. The Morgan fingerprint density at radius 3 is 2.60 bits per heavy atom. The molecular weight excluding hydrogens is 459 g/mol. The van der Waals surface area contributed by atoms with Gasteiger partial charge in [0, 0.05) is 16.6 Å². The van der Waals surface area contributed by atoms with Crippen LogP contribution in [0.15, 0.2) is 40.7 Å². The normalized spacial score (nSPS) is 11.9. The van der Waals surface area contributed by atoms with E-state index in [9.17, 15) is 10.1 Å². The van der Waals surface area contributed by atoms with Crippen molar-refractivity contribution < 1.29 is 4.79 Å². The lowest BCUT2D eigenvalue weighted by molar-refractivity contribution is -0.115. The first kappa shape index (κ1) is 22.6. The van der Waals surface area contributed by atoms with Crippen molar-refractivity contribution in [1.82, 2.24) is 9.97 Å². The number of aromatic nitrogens is 2. The zero-order valence-corrected chi connectivity index (χ0v) is 19.6. The summed E-state index contributed by atoms with van der Waals surface area (Å²) in [5.41, 5.74) is 2.86. The minimum absolute atomic E-state index is 0.212. The van der Waals surface area contributed by atoms with Gasteiger partial charge in [0.1, 0.15) is 11.1 Å². The average Bonchev–Trinajstić information content (AvgIpc) is 3.18. The number of thioether (sulfide) groups is 1. The van der Waals surface area contributed by atoms with Crippen LogP contribution in [0.25, 0.3) is 11.3 Å². The molecular formula is C21H18Cl2N4OS2. The summed E-state index contributed by atoms with van der Waals surface area (Å²) in [4.78, 5) is 21.7. The number of amides is 1. The van der Waals surface area contributed by atoms with Crippen LogP contribution < -0.4 is 5.32 Å². The van der Waals surface area contributed by atoms with Crippen molar-refractivity contribution in [2.24, 2.45) is 0 Å². The summed E-state index contributed by atoms with van der Waals surface area (Å²) in [7, 11) is 0. The lowest BCUT2D eigenvalue weighted by Gasteiger charge is -2.13. The molecule has 30 heavy (non-hydrogen) atoms. The molecule has 0 bridgehead atoms. The first-order valence-corrected chi connectivity index (χ1v) is 11.6. The van der Waals surface area contributed by atoms with Crippen LogP contribution in [0.1, 0.15) is 37.9 Å². The van der Waals surface area contributed by atoms with E-state index in [1.54, 1.807) is 25.1 Å². The van der Waals surface area contributed by atoms with Gasteiger partial charge in [0.15, 0.2) is 5.13 Å². The molecule has 0 radical (unpaired) electrons. The van der Waals surface area contributed by atoms with Crippen LogP contribution in [0, 0.1) is 11.3 Å². The number of anilines is 1. The zero-order chi connectivity index (χ0) is 21.8. The standard InChI is InChI=1S/C21H18Cl2N4OS2/c1-11(2)17-7-5-14(9-24)20(25-17)30-12(3)19(28)27-21-26-18(10-29-21)13-4-6-15(22)16(23)8-13/h4-8,10-12H,1-3H3,(H,26,27,28). The third-order valence-electron chi connectivity index (χ3n) is 4.20. The van der Waals surface area contributed by atoms with Crippen molar-refractivity contribution in [3.63, 3.8) is 0 Å². The number of nitriles is 1. The summed E-state index contributed by atoms with van der Waals surface area (Å²) in [5.74, 6) is 0.0204. The fraction of sp³-hybridized carbons (Fsp3) is 0.238. The molecule has 0 aliphatic carbocycles. The molecule has 1 amide bonds. The Bertz CT molecular complexity index is 1120. The number of carbonyl (C=O) groups excluding carboxylic acids is 1. The van der Waals surface area contributed by atoms with Gasteiger partial charge in [-0.25, -0.2) is 9.97 Å². The van der Waals surface area contributed by atoms with Crippen molar-refractivity contribution in [1.29, 1.82) is 5.26 Å². The summed E-state index contributed by atoms with van der Waals surface area (Å²) >= 11 is 14.6. The Labute approximate surface area is 193 Å². The summed E-state index contributed by atoms with van der Waals surface area (Å²) in [5, 5.41) is 15.5. The maximum atomic E-state index is 12.7. The number of rotatable bonds is 6. The maximum Gasteiger partial charge on any atom is 0.239 e. The number of halogens is 2. The Hall–Kier alpha value is -2.11. The smallest absolute Gasteiger partial charge is 0.239 e. The van der Waals surface area contributed by atoms with Gasteiger partial charge in [0.25, 0.3) is 0 Å². The number of thiazole rings is 1. The van der Waals surface area contributed by atoms with Gasteiger partial charge in [-0.1, -0.05) is 54.9 Å². The second kappa shape index (κ2) is 9.80. The number of carbonyl (C=O) groups is 1. The van der Waals surface area contributed by atoms with Crippen molar-refractivity contribution in [2.45, 2.75) is 37.0 Å². The third-order valence-corrected chi connectivity index (χ3v) is 6.80. The van der Waals surface area contributed by atoms with E-state index in [1.807, 2.05) is 31.4 Å². The number of hydrogen-bond donors (Lipinski definition) is 1. The second-order valence-corrected chi connectivity index (χ2v) is 9.77. The zero-order valence-electron chi connectivity index (χ0n) is 16.4. The van der Waals surface area contributed by atoms with Crippen LogP contribution in [0.2, 0.25) is 10.0 Å². The van der Waals surface area contributed by atoms with Crippen LogP contribution in [0.5, 0.6) is 0 Å². The van der Waals surface area contributed by atoms with Crippen molar-refractivity contribution in [3.05, 3.63) is 57.0 Å². The van der Waals surface area contributed by atoms with E-state index in [-0.39, 0.29) is 11.8 Å². The molecule has 1 atom stereocenters. The van der Waals surface area contributed by atoms with E-state index in [1.165, 1.54) is 23.1 Å². The molecule has 5 nitrogen and oxygen atoms in total. The van der Waals surface area contributed by atoms with E-state index in [4.69, 9.17) is 23.2 Å². The van der Waals surface area contributed by atoms with Crippen molar-refractivity contribution >= 4 is 57.3 Å². The molecule has 154 valence electrons. The molecule has 1 unspecified atom stereocenters. The van der Waals surface area contributed by atoms with Crippen molar-refractivity contribution in [2.75, 3.05) is 5.32 Å². The number of benzene rings is 1. The number of hydrogen-bond acceptors (Lipinski definition) is 6. The molecule has 9 heteroatoms. The van der Waals surface area contributed by atoms with E-state index >= 15 is 0 Å². The summed E-state index contributed by atoms with van der Waals surface area (Å²) in [6.45, 7) is 5.85. The first-order valence-electron chi connectivity index (χ1n) is 9.08. The van der Waals surface area contributed by atoms with Crippen LogP contribution >= 0.6 is 46.3 Å². The number of nitrogens with zero attached hydrogens (tertiary/aromatic N) is 3. The highest BCUT2D eigenvalue weighted by molar-refractivity contribution is 8.00. The molecule has 0 saturated carbocycles. The predicted octanol–water partition coefficient (Wildman–Crippen LogP) is 6.63. The Balaban J connectivity index is 1.71. The van der Waals surface area contributed by atoms with Gasteiger partial charge < -0.3 is 5.32 Å². The highest BCUT2D eigenvalue weighted by atomic mass is 35.5. The molecule has 0 aliphatic rings. The van der Waals surface area contributed by atoms with Gasteiger partial charge in [-0.05, 0) is 37.1 Å². The monoisotopic (exact) mass is 476 g/mol. The lowest BCUT2D eigenvalue weighted by atomic mass is 10.1. The van der Waals surface area contributed by atoms with Gasteiger partial charge in [0.2, 0.25) is 5.91 Å². The molecule has 0 spiro atoms. The van der Waals surface area contributed by atoms with Gasteiger partial charge in [-0.2, -0.15) is 5.26 Å². The minimum atomic E-state index is -0.454. The fourth-order valence-corrected chi connectivity index (χ4v) is 4.42. The number of nitrogens with one attached hydrogen (secondary N) is 1. The topological polar surface area (TPSA) is 78.7 Å². The van der Waals surface area contributed by atoms with E-state index in [0.717, 1.165) is 11.3 Å². The highest BCUT2D eigenvalue weighted by Crippen LogP contribution is 2.31. The Morgan fingerprint density at radius 2 is 1.93 bits per heavy atom. The summed E-state index contributed by atoms with van der Waals surface area (Å²) in [6, 6.07) is 11.0. The SMILES string of the molecule is CC(Sc1nc(C(C)C)ccc1C#N)C(=O)Nc1nc(-c2ccc(Cl)c(Cl)c2)cs1. The molecule has 1 N–H and O–H groups in total. The second-order valence-electron chi connectivity index (χ2n) is 6.77. The summed E-state index contributed by atoms with van der Waals surface area (Å²) in [6.07, 6.45) is 0. The molecule has 3 rings (SSSR count). The van der Waals surface area contributed by atoms with Crippen molar-refractivity contribution in [3.8, 4) is 17.3 Å². The molecule has 3 aromatic rings. The van der Waals surface area contributed by atoms with Crippen LogP contribution in [0.4, 0.5) is 5.13 Å². The molecule has 0 saturated heterocycles. The molecule has 2 heterocycles. The minimum Gasteiger partial charge on any atom is -0.301 e. The van der Waals surface area contributed by atoms with E-state index < -0.39 is 5.25 Å². The van der Waals surface area contributed by atoms with Gasteiger partial charge >= 0.3 is 0 Å². The van der Waals surface area contributed by atoms with Crippen LogP contribution in [0.3, 0.4) is 0 Å². The van der Waals surface area contributed by atoms with E-state index in [0.29, 0.717) is 31.5 Å². The van der Waals surface area contributed by atoms with Gasteiger partial charge in [-0.3, -0.25) is 4.79 Å². The van der Waals surface area contributed by atoms with Crippen LogP contribution in [-0.2, 0) is 4.79 Å². The lowest BCUT2D eigenvalue weighted by Crippen LogP contribution is -2.22. The first-order chi connectivity index (χ1) is 14.3. The largest absolute Gasteiger partial charge is 0.301 e. The number of pyridine rings is 1. The fourth-order valence-electron chi connectivity index (χ4n) is 2.50. The molecule has 0 aliphatic heterocycles. The third kappa shape index (κ3) is 5.32. The molecule has 2 aromatic heterocycles. The van der Waals surface area contributed by atoms with Gasteiger partial charge in [-0.15, -0.1) is 11.3 Å².